The van der Waals surface area contributed by atoms with Crippen molar-refractivity contribution in [2.24, 2.45) is 0 Å². The lowest BCUT2D eigenvalue weighted by Crippen LogP contribution is -2.41. The van der Waals surface area contributed by atoms with Gasteiger partial charge in [0.15, 0.2) is 0 Å². The number of carbonyl (C=O) groups is 1. The van der Waals surface area contributed by atoms with E-state index in [4.69, 9.17) is 4.74 Å². The number of likely N-dealkylation sites (N-methyl/N-ethyl adjacent to an activating group) is 1. The highest BCUT2D eigenvalue weighted by Gasteiger charge is 2.27. The van der Waals surface area contributed by atoms with Crippen molar-refractivity contribution in [1.29, 1.82) is 0 Å². The Balaban J connectivity index is 1.85. The molecule has 2 unspecified atom stereocenters. The minimum absolute atomic E-state index is 0.159. The number of ether oxygens (including phenoxy) is 1. The van der Waals surface area contributed by atoms with Gasteiger partial charge in [-0.25, -0.2) is 0 Å². The van der Waals surface area contributed by atoms with E-state index in [2.05, 4.69) is 11.9 Å². The molecule has 0 N–H and O–H groups in total. The predicted molar refractivity (Wildman–Crippen MR) is 63.5 cm³/mol. The van der Waals surface area contributed by atoms with E-state index in [1.54, 1.807) is 0 Å². The van der Waals surface area contributed by atoms with Gasteiger partial charge in [0.05, 0.1) is 12.1 Å². The van der Waals surface area contributed by atoms with Crippen LogP contribution in [0.5, 0.6) is 0 Å². The molecule has 0 aromatic rings. The van der Waals surface area contributed by atoms with E-state index < -0.39 is 0 Å². The van der Waals surface area contributed by atoms with E-state index in [9.17, 15) is 4.79 Å². The quantitative estimate of drug-likeness (QED) is 0.688. The second-order valence-corrected chi connectivity index (χ2v) is 5.16. The molecule has 0 aromatic heterocycles. The maximum atomic E-state index is 11.9. The van der Waals surface area contributed by atoms with Crippen LogP contribution in [0.15, 0.2) is 0 Å². The topological polar surface area (TPSA) is 29.5 Å². The van der Waals surface area contributed by atoms with Crippen LogP contribution >= 0.6 is 0 Å². The molecule has 0 amide bonds. The lowest BCUT2D eigenvalue weighted by atomic mass is 10.1. The van der Waals surface area contributed by atoms with Crippen molar-refractivity contribution < 1.29 is 9.53 Å². The lowest BCUT2D eigenvalue weighted by Gasteiger charge is -2.27. The third-order valence-electron chi connectivity index (χ3n) is 3.82. The zero-order valence-corrected chi connectivity index (χ0v) is 10.3. The number of carbonyl (C=O) groups excluding carboxylic acids is 1. The van der Waals surface area contributed by atoms with Gasteiger partial charge in [0.1, 0.15) is 5.78 Å². The SMILES string of the molecule is CN(CC1CCCO1)C1CCCCCC1=O. The molecule has 16 heavy (non-hydrogen) atoms. The summed E-state index contributed by atoms with van der Waals surface area (Å²) in [6.07, 6.45) is 8.03. The van der Waals surface area contributed by atoms with E-state index in [-0.39, 0.29) is 6.04 Å². The van der Waals surface area contributed by atoms with Crippen LogP contribution in [-0.4, -0.2) is 43.0 Å². The zero-order valence-electron chi connectivity index (χ0n) is 10.3. The van der Waals surface area contributed by atoms with Crippen LogP contribution in [0.3, 0.4) is 0 Å². The summed E-state index contributed by atoms with van der Waals surface area (Å²) in [5.41, 5.74) is 0. The summed E-state index contributed by atoms with van der Waals surface area (Å²) in [5, 5.41) is 0. The molecule has 2 rings (SSSR count). The number of rotatable bonds is 3. The first-order valence-electron chi connectivity index (χ1n) is 6.62. The molecule has 2 fully saturated rings. The van der Waals surface area contributed by atoms with Gasteiger partial charge < -0.3 is 4.74 Å². The van der Waals surface area contributed by atoms with Crippen LogP contribution in [0.2, 0.25) is 0 Å². The Hall–Kier alpha value is -0.410. The van der Waals surface area contributed by atoms with E-state index in [0.29, 0.717) is 11.9 Å². The molecule has 92 valence electrons. The molecule has 1 aliphatic carbocycles. The molecule has 3 heteroatoms. The Kier molecular flexibility index (Phi) is 4.36. The molecular formula is C13H23NO2. The second-order valence-electron chi connectivity index (χ2n) is 5.16. The van der Waals surface area contributed by atoms with Gasteiger partial charge in [-0.2, -0.15) is 0 Å². The highest BCUT2D eigenvalue weighted by molar-refractivity contribution is 5.84. The molecule has 0 spiro atoms. The fourth-order valence-electron chi connectivity index (χ4n) is 2.84. The molecule has 3 nitrogen and oxygen atoms in total. The standard InChI is InChI=1S/C13H23NO2/c1-14(10-11-6-5-9-16-11)12-7-3-2-4-8-13(12)15/h11-12H,2-10H2,1H3. The van der Waals surface area contributed by atoms with Gasteiger partial charge in [0, 0.05) is 19.6 Å². The van der Waals surface area contributed by atoms with E-state index >= 15 is 0 Å². The summed E-state index contributed by atoms with van der Waals surface area (Å²) >= 11 is 0. The number of hydrogen-bond donors (Lipinski definition) is 0. The minimum Gasteiger partial charge on any atom is -0.377 e. The van der Waals surface area contributed by atoms with Gasteiger partial charge >= 0.3 is 0 Å². The van der Waals surface area contributed by atoms with Crippen LogP contribution in [-0.2, 0) is 9.53 Å². The van der Waals surface area contributed by atoms with Gasteiger partial charge in [-0.1, -0.05) is 12.8 Å². The summed E-state index contributed by atoms with van der Waals surface area (Å²) in [7, 11) is 2.08. The summed E-state index contributed by atoms with van der Waals surface area (Å²) in [4.78, 5) is 14.2. The van der Waals surface area contributed by atoms with Crippen molar-refractivity contribution in [3.8, 4) is 0 Å². The molecule has 0 bridgehead atoms. The van der Waals surface area contributed by atoms with Crippen molar-refractivity contribution in [2.75, 3.05) is 20.2 Å². The lowest BCUT2D eigenvalue weighted by molar-refractivity contribution is -0.124. The number of Topliss-reactive ketones (excluding diaryl/α,β-unsaturated/α-hetero) is 1. The fraction of sp³-hybridized carbons (Fsp3) is 0.923. The van der Waals surface area contributed by atoms with Gasteiger partial charge in [0.25, 0.3) is 0 Å². The summed E-state index contributed by atoms with van der Waals surface area (Å²) in [5.74, 6) is 0.443. The molecule has 2 aliphatic rings. The number of hydrogen-bond acceptors (Lipinski definition) is 3. The molecule has 1 aliphatic heterocycles. The number of ketones is 1. The molecule has 2 atom stereocenters. The van der Waals surface area contributed by atoms with E-state index in [1.165, 1.54) is 19.3 Å². The van der Waals surface area contributed by atoms with Crippen molar-refractivity contribution in [3.05, 3.63) is 0 Å². The normalized spacial score (nSPS) is 32.0. The van der Waals surface area contributed by atoms with Crippen LogP contribution in [0, 0.1) is 0 Å². The molecule has 0 radical (unpaired) electrons. The molecule has 0 aromatic carbocycles. The highest BCUT2D eigenvalue weighted by atomic mass is 16.5. The Morgan fingerprint density at radius 3 is 2.88 bits per heavy atom. The van der Waals surface area contributed by atoms with Gasteiger partial charge in [-0.05, 0) is 32.7 Å². The summed E-state index contributed by atoms with van der Waals surface area (Å²) in [6, 6.07) is 0.159. The predicted octanol–water partition coefficient (Wildman–Crippen LogP) is 2.00. The average Bonchev–Trinajstić information content (AvgIpc) is 2.66. The van der Waals surface area contributed by atoms with Gasteiger partial charge in [-0.15, -0.1) is 0 Å². The van der Waals surface area contributed by atoms with Gasteiger partial charge in [-0.3, -0.25) is 9.69 Å². The first kappa shape index (κ1) is 12.1. The molecule has 1 saturated carbocycles. The van der Waals surface area contributed by atoms with E-state index in [0.717, 1.165) is 38.8 Å². The molecular weight excluding hydrogens is 202 g/mol. The maximum Gasteiger partial charge on any atom is 0.149 e. The zero-order chi connectivity index (χ0) is 11.4. The smallest absolute Gasteiger partial charge is 0.149 e. The van der Waals surface area contributed by atoms with E-state index in [1.807, 2.05) is 0 Å². The van der Waals surface area contributed by atoms with Crippen LogP contribution in [0.4, 0.5) is 0 Å². The largest absolute Gasteiger partial charge is 0.377 e. The van der Waals surface area contributed by atoms with Crippen LogP contribution < -0.4 is 0 Å². The number of nitrogens with zero attached hydrogens (tertiary/aromatic N) is 1. The van der Waals surface area contributed by atoms with Crippen LogP contribution in [0.25, 0.3) is 0 Å². The Bertz CT molecular complexity index is 236. The first-order chi connectivity index (χ1) is 7.77. The van der Waals surface area contributed by atoms with Crippen molar-refractivity contribution in [2.45, 2.75) is 57.1 Å². The monoisotopic (exact) mass is 225 g/mol. The van der Waals surface area contributed by atoms with Gasteiger partial charge in [0.2, 0.25) is 0 Å². The fourth-order valence-corrected chi connectivity index (χ4v) is 2.84. The first-order valence-corrected chi connectivity index (χ1v) is 6.62. The third kappa shape index (κ3) is 3.05. The average molecular weight is 225 g/mol. The molecule has 1 heterocycles. The van der Waals surface area contributed by atoms with Crippen molar-refractivity contribution in [1.82, 2.24) is 4.90 Å². The maximum absolute atomic E-state index is 11.9. The Morgan fingerprint density at radius 2 is 2.12 bits per heavy atom. The summed E-state index contributed by atoms with van der Waals surface area (Å²) < 4.78 is 5.63. The third-order valence-corrected chi connectivity index (χ3v) is 3.82. The van der Waals surface area contributed by atoms with Crippen LogP contribution in [0.1, 0.15) is 44.9 Å². The van der Waals surface area contributed by atoms with Crippen molar-refractivity contribution >= 4 is 5.78 Å². The second kappa shape index (κ2) is 5.78. The Labute approximate surface area is 98.1 Å². The minimum atomic E-state index is 0.159. The Morgan fingerprint density at radius 1 is 1.25 bits per heavy atom. The molecule has 1 saturated heterocycles. The summed E-state index contributed by atoms with van der Waals surface area (Å²) in [6.45, 7) is 1.83. The highest BCUT2D eigenvalue weighted by Crippen LogP contribution is 2.20. The van der Waals surface area contributed by atoms with Crippen molar-refractivity contribution in [3.63, 3.8) is 0 Å².